The predicted octanol–water partition coefficient (Wildman–Crippen LogP) is 3.72. The highest BCUT2D eigenvalue weighted by atomic mass is 32.2. The number of amides is 2. The summed E-state index contributed by atoms with van der Waals surface area (Å²) in [5.74, 6) is -0.0550. The number of nitrogens with one attached hydrogen (secondary N) is 2. The highest BCUT2D eigenvalue weighted by Gasteiger charge is 2.27. The van der Waals surface area contributed by atoms with Gasteiger partial charge in [0.1, 0.15) is 4.32 Å². The number of anilines is 2. The van der Waals surface area contributed by atoms with Gasteiger partial charge in [0.05, 0.1) is 5.25 Å². The number of likely N-dealkylation sites (tertiary alicyclic amines) is 1. The van der Waals surface area contributed by atoms with Crippen LogP contribution < -0.4 is 10.6 Å². The molecule has 5 nitrogen and oxygen atoms in total. The van der Waals surface area contributed by atoms with E-state index in [4.69, 9.17) is 12.2 Å². The van der Waals surface area contributed by atoms with Gasteiger partial charge in [-0.2, -0.15) is 0 Å². The van der Waals surface area contributed by atoms with Gasteiger partial charge in [0.15, 0.2) is 0 Å². The first-order valence-corrected chi connectivity index (χ1v) is 9.79. The minimum absolute atomic E-state index is 0.0680. The van der Waals surface area contributed by atoms with Gasteiger partial charge in [-0.1, -0.05) is 43.9 Å². The van der Waals surface area contributed by atoms with Crippen LogP contribution >= 0.6 is 24.0 Å². The van der Waals surface area contributed by atoms with E-state index in [0.29, 0.717) is 11.4 Å². The number of carbonyl (C=O) groups excluding carboxylic acids is 2. The molecule has 0 aromatic heterocycles. The molecule has 1 aliphatic rings. The molecule has 2 N–H and O–H groups in total. The number of rotatable bonds is 5. The maximum atomic E-state index is 12.7. The predicted molar refractivity (Wildman–Crippen MR) is 109 cm³/mol. The molecular formula is C18H25N3O2S2. The number of hydrogen-bond donors (Lipinski definition) is 2. The lowest BCUT2D eigenvalue weighted by Crippen LogP contribution is -2.34. The van der Waals surface area contributed by atoms with Crippen LogP contribution in [0.2, 0.25) is 0 Å². The van der Waals surface area contributed by atoms with Crippen molar-refractivity contribution in [1.29, 1.82) is 0 Å². The summed E-state index contributed by atoms with van der Waals surface area (Å²) >= 11 is 6.99. The van der Waals surface area contributed by atoms with Crippen molar-refractivity contribution in [3.05, 3.63) is 24.3 Å². The molecule has 1 aromatic rings. The van der Waals surface area contributed by atoms with E-state index < -0.39 is 0 Å². The molecule has 7 heteroatoms. The summed E-state index contributed by atoms with van der Waals surface area (Å²) in [6.45, 7) is 7.47. The Morgan fingerprint density at radius 3 is 2.32 bits per heavy atom. The van der Waals surface area contributed by atoms with Crippen molar-refractivity contribution in [2.24, 2.45) is 5.92 Å². The Labute approximate surface area is 158 Å². The van der Waals surface area contributed by atoms with Crippen LogP contribution in [0.25, 0.3) is 0 Å². The van der Waals surface area contributed by atoms with Crippen LogP contribution in [-0.4, -0.2) is 39.4 Å². The van der Waals surface area contributed by atoms with E-state index in [-0.39, 0.29) is 23.0 Å². The Bertz CT molecular complexity index is 643. The average molecular weight is 380 g/mol. The van der Waals surface area contributed by atoms with Gasteiger partial charge in [-0.3, -0.25) is 9.59 Å². The molecule has 0 saturated carbocycles. The molecule has 25 heavy (non-hydrogen) atoms. The van der Waals surface area contributed by atoms with Gasteiger partial charge in [0.2, 0.25) is 11.8 Å². The largest absolute Gasteiger partial charge is 0.358 e. The van der Waals surface area contributed by atoms with E-state index in [1.54, 1.807) is 18.2 Å². The lowest BCUT2D eigenvalue weighted by Gasteiger charge is -2.24. The highest BCUT2D eigenvalue weighted by molar-refractivity contribution is 8.23. The van der Waals surface area contributed by atoms with Crippen LogP contribution in [0.1, 0.15) is 33.6 Å². The summed E-state index contributed by atoms with van der Waals surface area (Å²) in [6.07, 6.45) is 2.32. The topological polar surface area (TPSA) is 61.4 Å². The van der Waals surface area contributed by atoms with E-state index in [1.165, 1.54) is 18.7 Å². The lowest BCUT2D eigenvalue weighted by atomic mass is 10.1. The number of carbonyl (C=O) groups is 2. The first kappa shape index (κ1) is 19.7. The molecule has 136 valence electrons. The average Bonchev–Trinajstić information content (AvgIpc) is 3.06. The second-order valence-corrected chi connectivity index (χ2v) is 8.27. The van der Waals surface area contributed by atoms with Crippen LogP contribution in [0.5, 0.6) is 0 Å². The lowest BCUT2D eigenvalue weighted by molar-refractivity contribution is -0.116. The molecule has 1 unspecified atom stereocenters. The van der Waals surface area contributed by atoms with E-state index in [0.717, 1.165) is 30.3 Å². The Morgan fingerprint density at radius 2 is 1.76 bits per heavy atom. The van der Waals surface area contributed by atoms with Crippen molar-refractivity contribution in [3.8, 4) is 0 Å². The third-order valence-corrected chi connectivity index (χ3v) is 5.93. The van der Waals surface area contributed by atoms with Gasteiger partial charge < -0.3 is 15.5 Å². The van der Waals surface area contributed by atoms with Crippen molar-refractivity contribution >= 4 is 51.5 Å². The Kier molecular flexibility index (Phi) is 7.25. The summed E-state index contributed by atoms with van der Waals surface area (Å²) in [5, 5.41) is 5.41. The zero-order valence-electron chi connectivity index (χ0n) is 14.9. The summed E-state index contributed by atoms with van der Waals surface area (Å²) in [6, 6.07) is 7.14. The normalized spacial score (nSPS) is 15.1. The zero-order chi connectivity index (χ0) is 18.4. The van der Waals surface area contributed by atoms with Gasteiger partial charge >= 0.3 is 0 Å². The van der Waals surface area contributed by atoms with E-state index in [2.05, 4.69) is 15.5 Å². The van der Waals surface area contributed by atoms with Gasteiger partial charge in [-0.05, 0) is 37.0 Å². The SMILES string of the molecule is CC(=O)Nc1cccc(NC(=O)C(SC(=S)N2CCCC2)C(C)C)c1. The maximum Gasteiger partial charge on any atom is 0.238 e. The van der Waals surface area contributed by atoms with E-state index >= 15 is 0 Å². The van der Waals surface area contributed by atoms with E-state index in [1.807, 2.05) is 19.9 Å². The van der Waals surface area contributed by atoms with Crippen molar-refractivity contribution in [3.63, 3.8) is 0 Å². The fraction of sp³-hybridized carbons (Fsp3) is 0.500. The van der Waals surface area contributed by atoms with Crippen LogP contribution in [0.4, 0.5) is 11.4 Å². The molecule has 0 radical (unpaired) electrons. The first-order valence-electron chi connectivity index (χ1n) is 8.51. The third kappa shape index (κ3) is 6.01. The molecule has 0 bridgehead atoms. The third-order valence-electron chi connectivity index (χ3n) is 3.91. The molecule has 2 rings (SSSR count). The fourth-order valence-corrected chi connectivity index (χ4v) is 4.15. The summed E-state index contributed by atoms with van der Waals surface area (Å²) in [5.41, 5.74) is 1.32. The minimum Gasteiger partial charge on any atom is -0.358 e. The van der Waals surface area contributed by atoms with Crippen molar-refractivity contribution in [2.45, 2.75) is 38.9 Å². The highest BCUT2D eigenvalue weighted by Crippen LogP contribution is 2.27. The molecule has 1 fully saturated rings. The summed E-state index contributed by atoms with van der Waals surface area (Å²) in [4.78, 5) is 26.1. The second kappa shape index (κ2) is 9.20. The quantitative estimate of drug-likeness (QED) is 0.764. The van der Waals surface area contributed by atoms with Gasteiger partial charge in [-0.25, -0.2) is 0 Å². The number of benzene rings is 1. The number of thioether (sulfide) groups is 1. The second-order valence-electron chi connectivity index (χ2n) is 6.49. The monoisotopic (exact) mass is 379 g/mol. The van der Waals surface area contributed by atoms with Crippen LogP contribution in [0.3, 0.4) is 0 Å². The Hall–Kier alpha value is -1.60. The molecule has 1 atom stereocenters. The molecular weight excluding hydrogens is 354 g/mol. The van der Waals surface area contributed by atoms with Gasteiger partial charge in [0, 0.05) is 31.4 Å². The van der Waals surface area contributed by atoms with Crippen molar-refractivity contribution in [2.75, 3.05) is 23.7 Å². The summed E-state index contributed by atoms with van der Waals surface area (Å²) < 4.78 is 0.804. The Balaban J connectivity index is 2.02. The molecule has 1 aromatic carbocycles. The van der Waals surface area contributed by atoms with Crippen LogP contribution in [0.15, 0.2) is 24.3 Å². The fourth-order valence-electron chi connectivity index (χ4n) is 2.67. The summed E-state index contributed by atoms with van der Waals surface area (Å²) in [7, 11) is 0. The van der Waals surface area contributed by atoms with Crippen LogP contribution in [0, 0.1) is 5.92 Å². The number of nitrogens with zero attached hydrogens (tertiary/aromatic N) is 1. The molecule has 1 aliphatic heterocycles. The van der Waals surface area contributed by atoms with Crippen LogP contribution in [-0.2, 0) is 9.59 Å². The first-order chi connectivity index (χ1) is 11.9. The zero-order valence-corrected chi connectivity index (χ0v) is 16.5. The van der Waals surface area contributed by atoms with Crippen molar-refractivity contribution in [1.82, 2.24) is 4.90 Å². The molecule has 1 heterocycles. The smallest absolute Gasteiger partial charge is 0.238 e. The molecule has 0 spiro atoms. The molecule has 0 aliphatic carbocycles. The van der Waals surface area contributed by atoms with Gasteiger partial charge in [0.25, 0.3) is 0 Å². The Morgan fingerprint density at radius 1 is 1.16 bits per heavy atom. The molecule has 1 saturated heterocycles. The maximum absolute atomic E-state index is 12.7. The van der Waals surface area contributed by atoms with E-state index in [9.17, 15) is 9.59 Å². The number of hydrogen-bond acceptors (Lipinski definition) is 4. The van der Waals surface area contributed by atoms with Gasteiger partial charge in [-0.15, -0.1) is 0 Å². The number of thiocarbonyl (C=S) groups is 1. The minimum atomic E-state index is -0.252. The molecule has 2 amide bonds. The standard InChI is InChI=1S/C18H25N3O2S2/c1-12(2)16(25-18(24)21-9-4-5-10-21)17(23)20-15-8-6-7-14(11-15)19-13(3)22/h6-8,11-12,16H,4-5,9-10H2,1-3H3,(H,19,22)(H,20,23). The van der Waals surface area contributed by atoms with Crippen molar-refractivity contribution < 1.29 is 9.59 Å².